The van der Waals surface area contributed by atoms with Crippen LogP contribution in [0.5, 0.6) is 0 Å². The highest BCUT2D eigenvalue weighted by atomic mass is 15.3. The first-order valence-corrected chi connectivity index (χ1v) is 57.5. The van der Waals surface area contributed by atoms with Gasteiger partial charge in [-0.3, -0.25) is 49.4 Å². The van der Waals surface area contributed by atoms with Crippen molar-refractivity contribution in [3.8, 4) is 0 Å². The molecule has 5 N–H and O–H groups in total. The first kappa shape index (κ1) is 99.0. The minimum Gasteiger partial charge on any atom is -0.371 e. The van der Waals surface area contributed by atoms with Crippen molar-refractivity contribution >= 4 is 22.7 Å². The number of aromatic nitrogens is 5. The number of nitrogens with one attached hydrogen (secondary N) is 5. The average molecular weight is 1950 g/mol. The third-order valence-electron chi connectivity index (χ3n) is 38.0. The van der Waals surface area contributed by atoms with Gasteiger partial charge < -0.3 is 46.2 Å². The third-order valence-corrected chi connectivity index (χ3v) is 38.0. The zero-order valence-electron chi connectivity index (χ0n) is 88.7. The lowest BCUT2D eigenvalue weighted by atomic mass is 9.63. The highest BCUT2D eigenvalue weighted by molar-refractivity contribution is 5.64. The number of aryl methyl sites for hydroxylation is 5. The van der Waals surface area contributed by atoms with Crippen LogP contribution < -0.4 is 46.2 Å². The van der Waals surface area contributed by atoms with E-state index < -0.39 is 0 Å². The summed E-state index contributed by atoms with van der Waals surface area (Å²) in [5.74, 6) is 2.56. The van der Waals surface area contributed by atoms with E-state index in [1.54, 1.807) is 22.3 Å². The molecule has 5 aromatic heterocycles. The molecule has 17 aliphatic rings. The lowest BCUT2D eigenvalue weighted by molar-refractivity contribution is 0.0687. The molecule has 2 spiro atoms. The molecule has 0 bridgehead atoms. The second kappa shape index (κ2) is 44.4. The number of likely N-dealkylation sites (N-methyl/N-ethyl adjacent to an activating group) is 4. The van der Waals surface area contributed by atoms with Crippen molar-refractivity contribution in [1.29, 1.82) is 0 Å². The Bertz CT molecular complexity index is 5750. The molecule has 14 heterocycles. The Morgan fingerprint density at radius 1 is 0.269 bits per heavy atom. The van der Waals surface area contributed by atoms with Gasteiger partial charge in [0, 0.05) is 219 Å². The highest BCUT2D eigenvalue weighted by Gasteiger charge is 2.50. The second-order valence-electron chi connectivity index (χ2n) is 48.4. The summed E-state index contributed by atoms with van der Waals surface area (Å²) < 4.78 is 0. The molecule has 0 unspecified atom stereocenters. The van der Waals surface area contributed by atoms with Gasteiger partial charge in [0.05, 0.1) is 58.7 Å². The molecule has 19 nitrogen and oxygen atoms in total. The molecule has 4 saturated heterocycles. The first-order valence-electron chi connectivity index (χ1n) is 57.5. The summed E-state index contributed by atoms with van der Waals surface area (Å²) in [6, 6.07) is 64.1. The number of fused-ring (bicyclic) bond motifs is 10. The number of rotatable bonds is 20. The fourth-order valence-electron chi connectivity index (χ4n) is 29.6. The van der Waals surface area contributed by atoms with Gasteiger partial charge in [-0.1, -0.05) is 137 Å². The molecule has 19 heteroatoms. The molecule has 0 amide bonds. The van der Waals surface area contributed by atoms with E-state index in [-0.39, 0.29) is 0 Å². The van der Waals surface area contributed by atoms with Gasteiger partial charge in [0.25, 0.3) is 0 Å². The van der Waals surface area contributed by atoms with Crippen LogP contribution in [0.4, 0.5) is 22.7 Å². The highest BCUT2D eigenvalue weighted by Crippen LogP contribution is 2.53. The molecule has 0 radical (unpaired) electrons. The first-order chi connectivity index (χ1) is 71.1. The number of hydrogen-bond acceptors (Lipinski definition) is 19. The van der Waals surface area contributed by atoms with E-state index in [0.717, 1.165) is 115 Å². The maximum atomic E-state index is 4.90. The molecular formula is C126H167N19. The Hall–Kier alpha value is -9.35. The van der Waals surface area contributed by atoms with Gasteiger partial charge >= 0.3 is 0 Å². The van der Waals surface area contributed by atoms with Gasteiger partial charge in [-0.2, -0.15) is 0 Å². The number of pyridine rings is 5. The smallest absolute Gasteiger partial charge is 0.0607 e. The molecule has 10 atom stereocenters. The van der Waals surface area contributed by atoms with E-state index in [0.29, 0.717) is 77.3 Å². The number of nitrogens with zero attached hydrogens (tertiary/aromatic N) is 14. The zero-order valence-corrected chi connectivity index (χ0v) is 88.7. The minimum atomic E-state index is 0.458. The Morgan fingerprint density at radius 2 is 0.545 bits per heavy atom. The molecule has 5 aromatic carbocycles. The van der Waals surface area contributed by atoms with Crippen molar-refractivity contribution in [2.45, 2.75) is 313 Å². The van der Waals surface area contributed by atoms with Crippen LogP contribution in [0, 0.1) is 28.6 Å². The molecule has 9 aliphatic heterocycles. The van der Waals surface area contributed by atoms with Crippen LogP contribution in [0.1, 0.15) is 291 Å². The van der Waals surface area contributed by atoms with Crippen molar-refractivity contribution in [3.05, 3.63) is 301 Å². The molecule has 27 rings (SSSR count). The fraction of sp³-hybridized carbons (Fsp3) is 0.563. The van der Waals surface area contributed by atoms with Gasteiger partial charge in [0.2, 0.25) is 0 Å². The summed E-state index contributed by atoms with van der Waals surface area (Å²) in [6.45, 7) is 27.5. The summed E-state index contributed by atoms with van der Waals surface area (Å²) >= 11 is 0. The van der Waals surface area contributed by atoms with Gasteiger partial charge in [0.1, 0.15) is 0 Å². The molecule has 10 aromatic rings. The molecule has 8 aliphatic carbocycles. The van der Waals surface area contributed by atoms with E-state index >= 15 is 0 Å². The van der Waals surface area contributed by atoms with E-state index in [9.17, 15) is 0 Å². The standard InChI is InChI=1S/2C26H34N4.C26H35N3.2C24H32N4/c2*1-29(24-10-2-6-19-8-4-13-27-25(19)24)16-21-14-22-20(15-28-21)7-3-9-23(22)30-17-26(18-30)11-5-12-26;1-19-11-13-24(14-12-19)29(25-10-4-8-20-9-5-15-27-26(20)25)18-23-16-21-6-2-3-7-22(21)17-28-23;2*1-17-14-28(15-17)22-9-4-7-19-13-26-20(12-21(19)22)16-27(2)23-10-3-6-18-8-5-11-25-24(18)23/h2*3-4,7-9,13,21,24,28H,2,5-6,10-12,14-18H2,1H3;2-3,5-7,9,15,19,23-25,28H,4,8,10-14,16-18H2,1H3;2*4-5,7-9,11,17,20,23,26H,3,6,10,12-16H2,1-2H3/t21-,24+;21-,24-;19?,23-,24?,25+;20-,23+;20-,23-/m10110/s1. The fourth-order valence-corrected chi connectivity index (χ4v) is 29.6. The van der Waals surface area contributed by atoms with Crippen LogP contribution in [0.2, 0.25) is 0 Å². The van der Waals surface area contributed by atoms with Gasteiger partial charge in [0.15, 0.2) is 0 Å². The Kier molecular flexibility index (Phi) is 30.3. The van der Waals surface area contributed by atoms with Crippen molar-refractivity contribution < 1.29 is 0 Å². The molecule has 145 heavy (non-hydrogen) atoms. The van der Waals surface area contributed by atoms with E-state index in [1.165, 1.54) is 325 Å². The van der Waals surface area contributed by atoms with Crippen molar-refractivity contribution in [1.82, 2.24) is 76.0 Å². The molecule has 3 saturated carbocycles. The van der Waals surface area contributed by atoms with Crippen molar-refractivity contribution in [2.24, 2.45) is 28.6 Å². The summed E-state index contributed by atoms with van der Waals surface area (Å²) in [7, 11) is 9.17. The number of benzene rings is 5. The second-order valence-corrected chi connectivity index (χ2v) is 48.4. The maximum Gasteiger partial charge on any atom is 0.0607 e. The van der Waals surface area contributed by atoms with E-state index in [2.05, 4.69) is 277 Å². The summed E-state index contributed by atoms with van der Waals surface area (Å²) in [6.07, 6.45) is 48.2. The van der Waals surface area contributed by atoms with Crippen LogP contribution >= 0.6 is 0 Å². The third kappa shape index (κ3) is 21.8. The van der Waals surface area contributed by atoms with Crippen molar-refractivity contribution in [3.63, 3.8) is 0 Å². The molecule has 7 fully saturated rings. The number of anilines is 4. The Labute approximate surface area is 867 Å². The van der Waals surface area contributed by atoms with Gasteiger partial charge in [-0.05, 0) is 364 Å². The monoisotopic (exact) mass is 1950 g/mol. The SMILES string of the molecule is CC1CCC(N(C[C@H]2Cc3ccccc3CN2)[C@H]2CCCc3cccnc32)CC1.CC1CN(c2cccc3c2C[C@@H](CN(C)[C@H]2CCCc4cccnc42)NC3)C1.CC1CN(c2cccc3c2C[C@H](CN(C)[C@H]2CCCc4cccnc42)NC3)C1.CN(C[C@@H]1Cc2c(cccc2N2CC3(CCC3)C2)CN1)[C@H]1CCCc2cccnc21.CN(C[C@H]1Cc2c(cccc2N2CC3(CCC3)C2)CN1)[C@H]1CCCc2cccnc21. The topological polar surface area (TPSA) is 154 Å². The zero-order chi connectivity index (χ0) is 98.1. The lowest BCUT2D eigenvalue weighted by Gasteiger charge is -2.57. The van der Waals surface area contributed by atoms with Crippen molar-refractivity contribution in [2.75, 3.05) is 133 Å². The normalized spacial score (nSPS) is 26.4. The quantitative estimate of drug-likeness (QED) is 0.0491. The lowest BCUT2D eigenvalue weighted by Crippen LogP contribution is -2.60. The summed E-state index contributed by atoms with van der Waals surface area (Å²) in [4.78, 5) is 47.5. The Morgan fingerprint density at radius 3 is 0.855 bits per heavy atom. The molecule has 766 valence electrons. The largest absolute Gasteiger partial charge is 0.371 e. The predicted octanol–water partition coefficient (Wildman–Crippen LogP) is 20.4. The average Bonchev–Trinajstić information content (AvgIpc) is 0.738. The van der Waals surface area contributed by atoms with Crippen LogP contribution in [0.25, 0.3) is 0 Å². The molecular weight excluding hydrogens is 1780 g/mol. The van der Waals surface area contributed by atoms with Crippen LogP contribution in [-0.2, 0) is 96.9 Å². The summed E-state index contributed by atoms with van der Waals surface area (Å²) in [5.41, 5.74) is 36.6. The summed E-state index contributed by atoms with van der Waals surface area (Å²) in [5, 5.41) is 19.1. The Balaban J connectivity index is 0.000000100. The van der Waals surface area contributed by atoms with Crippen LogP contribution in [-0.4, -0.2) is 199 Å². The predicted molar refractivity (Wildman–Crippen MR) is 592 cm³/mol. The number of hydrogen-bond donors (Lipinski definition) is 5. The van der Waals surface area contributed by atoms with Crippen LogP contribution in [0.3, 0.4) is 0 Å². The van der Waals surface area contributed by atoms with E-state index in [1.807, 2.05) is 31.0 Å². The van der Waals surface area contributed by atoms with Gasteiger partial charge in [-0.25, -0.2) is 0 Å². The van der Waals surface area contributed by atoms with Crippen LogP contribution in [0.15, 0.2) is 189 Å². The minimum absolute atomic E-state index is 0.458. The van der Waals surface area contributed by atoms with Gasteiger partial charge in [-0.15, -0.1) is 0 Å². The maximum absolute atomic E-state index is 4.90. The van der Waals surface area contributed by atoms with E-state index in [4.69, 9.17) is 24.9 Å².